The molecule has 31 heavy (non-hydrogen) atoms. The van der Waals surface area contributed by atoms with Crippen LogP contribution in [0, 0.1) is 17.0 Å². The highest BCUT2D eigenvalue weighted by Gasteiger charge is 2.37. The first-order chi connectivity index (χ1) is 14.8. The number of aryl methyl sites for hydroxylation is 1. The number of urea groups is 1. The molecule has 2 heterocycles. The van der Waals surface area contributed by atoms with Gasteiger partial charge in [-0.05, 0) is 42.8 Å². The summed E-state index contributed by atoms with van der Waals surface area (Å²) in [7, 11) is 0. The van der Waals surface area contributed by atoms with E-state index in [2.05, 4.69) is 5.32 Å². The maximum Gasteiger partial charge on any atom is 0.335 e. The van der Waals surface area contributed by atoms with Crippen molar-refractivity contribution in [1.82, 2.24) is 5.32 Å². The molecule has 1 saturated heterocycles. The van der Waals surface area contributed by atoms with Gasteiger partial charge in [0, 0.05) is 17.7 Å². The second-order valence-corrected chi connectivity index (χ2v) is 6.81. The summed E-state index contributed by atoms with van der Waals surface area (Å²) in [6.07, 6.45) is 1.23. The zero-order valence-electron chi connectivity index (χ0n) is 16.2. The molecule has 9 nitrogen and oxygen atoms in total. The summed E-state index contributed by atoms with van der Waals surface area (Å²) in [5, 5.41) is 13.1. The van der Waals surface area contributed by atoms with Crippen LogP contribution in [0.1, 0.15) is 11.3 Å². The molecular weight excluding hydrogens is 402 g/mol. The number of anilines is 1. The fourth-order valence-corrected chi connectivity index (χ4v) is 3.16. The molecule has 0 unspecified atom stereocenters. The molecule has 0 spiro atoms. The molecule has 1 N–H and O–H groups in total. The van der Waals surface area contributed by atoms with Gasteiger partial charge in [0.05, 0.1) is 10.6 Å². The first-order valence-corrected chi connectivity index (χ1v) is 9.16. The molecule has 0 atom stereocenters. The van der Waals surface area contributed by atoms with Gasteiger partial charge < -0.3 is 4.42 Å². The minimum absolute atomic E-state index is 0.0945. The Bertz CT molecular complexity index is 1270. The molecule has 1 aliphatic heterocycles. The van der Waals surface area contributed by atoms with E-state index in [1.165, 1.54) is 30.3 Å². The van der Waals surface area contributed by atoms with Crippen LogP contribution in [0.2, 0.25) is 0 Å². The molecule has 4 rings (SSSR count). The first kappa shape index (κ1) is 19.8. The number of nitrogens with zero attached hydrogens (tertiary/aromatic N) is 2. The highest BCUT2D eigenvalue weighted by Crippen LogP contribution is 2.28. The van der Waals surface area contributed by atoms with Gasteiger partial charge >= 0.3 is 6.03 Å². The number of imide groups is 2. The highest BCUT2D eigenvalue weighted by molar-refractivity contribution is 6.39. The van der Waals surface area contributed by atoms with Crippen LogP contribution in [0.3, 0.4) is 0 Å². The largest absolute Gasteiger partial charge is 0.457 e. The van der Waals surface area contributed by atoms with Gasteiger partial charge in [-0.15, -0.1) is 0 Å². The van der Waals surface area contributed by atoms with Gasteiger partial charge in [-0.1, -0.05) is 24.3 Å². The van der Waals surface area contributed by atoms with Crippen molar-refractivity contribution in [1.29, 1.82) is 0 Å². The Morgan fingerprint density at radius 1 is 1.03 bits per heavy atom. The molecule has 1 fully saturated rings. The standard InChI is InChI=1S/C22H15N3O6/c1-13-4-2-6-15(10-13)24-21(27)18(20(26)23-22(24)28)12-17-8-9-19(31-17)14-5-3-7-16(11-14)25(29)30/h2-12H,1H3,(H,23,26,28)/b18-12-. The fourth-order valence-electron chi connectivity index (χ4n) is 3.16. The third-order valence-electron chi connectivity index (χ3n) is 4.62. The molecule has 154 valence electrons. The van der Waals surface area contributed by atoms with E-state index in [1.807, 2.05) is 13.0 Å². The number of furan rings is 1. The van der Waals surface area contributed by atoms with Crippen molar-refractivity contribution in [3.8, 4) is 11.3 Å². The lowest BCUT2D eigenvalue weighted by Crippen LogP contribution is -2.54. The lowest BCUT2D eigenvalue weighted by Gasteiger charge is -2.26. The maximum atomic E-state index is 12.9. The SMILES string of the molecule is Cc1cccc(N2C(=O)NC(=O)/C(=C/c3ccc(-c4cccc([N+](=O)[O-])c4)o3)C2=O)c1. The third-order valence-corrected chi connectivity index (χ3v) is 4.62. The van der Waals surface area contributed by atoms with Crippen LogP contribution >= 0.6 is 0 Å². The van der Waals surface area contributed by atoms with Gasteiger partial charge in [0.1, 0.15) is 17.1 Å². The summed E-state index contributed by atoms with van der Waals surface area (Å²) in [5.41, 5.74) is 1.27. The van der Waals surface area contributed by atoms with E-state index in [4.69, 9.17) is 4.42 Å². The summed E-state index contributed by atoms with van der Waals surface area (Å²) < 4.78 is 5.66. The molecule has 0 bridgehead atoms. The third kappa shape index (κ3) is 3.84. The maximum absolute atomic E-state index is 12.9. The Kier molecular flexibility index (Phi) is 4.92. The number of non-ortho nitro benzene ring substituents is 1. The van der Waals surface area contributed by atoms with E-state index in [1.54, 1.807) is 30.3 Å². The summed E-state index contributed by atoms with van der Waals surface area (Å²) >= 11 is 0. The van der Waals surface area contributed by atoms with E-state index in [0.717, 1.165) is 10.5 Å². The molecule has 9 heteroatoms. The predicted octanol–water partition coefficient (Wildman–Crippen LogP) is 3.83. The van der Waals surface area contributed by atoms with Gasteiger partial charge in [-0.3, -0.25) is 25.0 Å². The number of barbiturate groups is 1. The van der Waals surface area contributed by atoms with Crippen LogP contribution in [-0.2, 0) is 9.59 Å². The topological polar surface area (TPSA) is 123 Å². The van der Waals surface area contributed by atoms with E-state index < -0.39 is 22.8 Å². The molecular formula is C22H15N3O6. The van der Waals surface area contributed by atoms with Crippen molar-refractivity contribution < 1.29 is 23.7 Å². The van der Waals surface area contributed by atoms with Crippen LogP contribution in [0.25, 0.3) is 17.4 Å². The van der Waals surface area contributed by atoms with Crippen molar-refractivity contribution >= 4 is 35.3 Å². The second-order valence-electron chi connectivity index (χ2n) is 6.81. The molecule has 0 radical (unpaired) electrons. The highest BCUT2D eigenvalue weighted by atomic mass is 16.6. The lowest BCUT2D eigenvalue weighted by molar-refractivity contribution is -0.384. The molecule has 3 aromatic rings. The quantitative estimate of drug-likeness (QED) is 0.298. The van der Waals surface area contributed by atoms with Crippen molar-refractivity contribution in [3.63, 3.8) is 0 Å². The van der Waals surface area contributed by atoms with E-state index >= 15 is 0 Å². The predicted molar refractivity (Wildman–Crippen MR) is 111 cm³/mol. The van der Waals surface area contributed by atoms with Gasteiger partial charge in [0.25, 0.3) is 17.5 Å². The van der Waals surface area contributed by atoms with Crippen molar-refractivity contribution in [2.24, 2.45) is 0 Å². The van der Waals surface area contributed by atoms with Crippen molar-refractivity contribution in [2.75, 3.05) is 4.90 Å². The van der Waals surface area contributed by atoms with Gasteiger partial charge in [-0.25, -0.2) is 9.69 Å². The first-order valence-electron chi connectivity index (χ1n) is 9.16. The average molecular weight is 417 g/mol. The Morgan fingerprint density at radius 3 is 2.55 bits per heavy atom. The Labute approximate surface area is 175 Å². The average Bonchev–Trinajstić information content (AvgIpc) is 3.20. The summed E-state index contributed by atoms with van der Waals surface area (Å²) in [5.74, 6) is -1.12. The minimum atomic E-state index is -0.841. The molecule has 2 aromatic carbocycles. The van der Waals surface area contributed by atoms with Crippen LogP contribution < -0.4 is 10.2 Å². The number of rotatable bonds is 4. The number of benzene rings is 2. The molecule has 1 aromatic heterocycles. The summed E-state index contributed by atoms with van der Waals surface area (Å²) in [4.78, 5) is 48.8. The van der Waals surface area contributed by atoms with Crippen LogP contribution in [0.5, 0.6) is 0 Å². The normalized spacial score (nSPS) is 15.3. The summed E-state index contributed by atoms with van der Waals surface area (Å²) in [6, 6.07) is 14.9. The number of nitro groups is 1. The molecule has 1 aliphatic rings. The smallest absolute Gasteiger partial charge is 0.335 e. The fraction of sp³-hybridized carbons (Fsp3) is 0.0455. The van der Waals surface area contributed by atoms with Gasteiger partial charge in [-0.2, -0.15) is 0 Å². The number of carbonyl (C=O) groups excluding carboxylic acids is 3. The molecule has 0 aliphatic carbocycles. The Morgan fingerprint density at radius 2 is 1.81 bits per heavy atom. The van der Waals surface area contributed by atoms with Crippen molar-refractivity contribution in [3.05, 3.63) is 87.7 Å². The van der Waals surface area contributed by atoms with E-state index in [0.29, 0.717) is 17.0 Å². The number of carbonyl (C=O) groups is 3. The number of nitrogens with one attached hydrogen (secondary N) is 1. The second kappa shape index (κ2) is 7.71. The van der Waals surface area contributed by atoms with Crippen LogP contribution in [0.4, 0.5) is 16.2 Å². The number of hydrogen-bond donors (Lipinski definition) is 1. The molecule has 0 saturated carbocycles. The van der Waals surface area contributed by atoms with Gasteiger partial charge in [0.15, 0.2) is 0 Å². The Hall–Kier alpha value is -4.53. The Balaban J connectivity index is 1.67. The monoisotopic (exact) mass is 417 g/mol. The number of hydrogen-bond acceptors (Lipinski definition) is 6. The lowest BCUT2D eigenvalue weighted by atomic mass is 10.1. The van der Waals surface area contributed by atoms with E-state index in [9.17, 15) is 24.5 Å². The van der Waals surface area contributed by atoms with E-state index in [-0.39, 0.29) is 17.0 Å². The van der Waals surface area contributed by atoms with Crippen molar-refractivity contribution in [2.45, 2.75) is 6.92 Å². The van der Waals surface area contributed by atoms with Crippen LogP contribution in [0.15, 0.2) is 70.7 Å². The van der Waals surface area contributed by atoms with Crippen LogP contribution in [-0.4, -0.2) is 22.8 Å². The zero-order valence-corrected chi connectivity index (χ0v) is 16.2. The zero-order chi connectivity index (χ0) is 22.1. The number of amides is 4. The minimum Gasteiger partial charge on any atom is -0.457 e. The number of nitro benzene ring substituents is 1. The molecule has 4 amide bonds. The summed E-state index contributed by atoms with van der Waals surface area (Å²) in [6.45, 7) is 1.82. The van der Waals surface area contributed by atoms with Gasteiger partial charge in [0.2, 0.25) is 0 Å².